The van der Waals surface area contributed by atoms with Crippen LogP contribution in [0.3, 0.4) is 0 Å². The fraction of sp³-hybridized carbons (Fsp3) is 0.158. The quantitative estimate of drug-likeness (QED) is 0.736. The number of imidazole rings is 1. The zero-order chi connectivity index (χ0) is 16.1. The number of rotatable bonds is 5. The lowest BCUT2D eigenvalue weighted by Crippen LogP contribution is -2.25. The van der Waals surface area contributed by atoms with Gasteiger partial charge in [-0.15, -0.1) is 0 Å². The third kappa shape index (κ3) is 3.66. The van der Waals surface area contributed by atoms with Crippen molar-refractivity contribution >= 4 is 23.0 Å². The molecule has 1 amide bonds. The number of para-hydroxylation sites is 2. The summed E-state index contributed by atoms with van der Waals surface area (Å²) < 4.78 is 2.12. The smallest absolute Gasteiger partial charge is 0.244 e. The van der Waals surface area contributed by atoms with Gasteiger partial charge in [-0.05, 0) is 30.7 Å². The van der Waals surface area contributed by atoms with Crippen LogP contribution in [-0.4, -0.2) is 22.0 Å². The molecule has 0 spiro atoms. The molecule has 0 saturated carbocycles. The third-order valence-corrected chi connectivity index (χ3v) is 3.71. The van der Waals surface area contributed by atoms with Crippen molar-refractivity contribution in [2.45, 2.75) is 13.5 Å². The van der Waals surface area contributed by atoms with E-state index < -0.39 is 0 Å². The van der Waals surface area contributed by atoms with Crippen LogP contribution in [0.4, 0.5) is 0 Å². The SMILES string of the molecule is Cc1nc2ccccc2n1CCNC(=O)/C=C/c1ccccc1. The lowest BCUT2D eigenvalue weighted by molar-refractivity contribution is -0.116. The predicted molar refractivity (Wildman–Crippen MR) is 93.0 cm³/mol. The van der Waals surface area contributed by atoms with Gasteiger partial charge in [-0.2, -0.15) is 0 Å². The van der Waals surface area contributed by atoms with Gasteiger partial charge in [-0.25, -0.2) is 4.98 Å². The van der Waals surface area contributed by atoms with Gasteiger partial charge in [-0.3, -0.25) is 4.79 Å². The Hall–Kier alpha value is -2.88. The Morgan fingerprint density at radius 1 is 1.13 bits per heavy atom. The van der Waals surface area contributed by atoms with E-state index in [9.17, 15) is 4.79 Å². The summed E-state index contributed by atoms with van der Waals surface area (Å²) in [5.41, 5.74) is 3.10. The minimum atomic E-state index is -0.0871. The van der Waals surface area contributed by atoms with E-state index >= 15 is 0 Å². The Kier molecular flexibility index (Phi) is 4.52. The molecule has 0 radical (unpaired) electrons. The Morgan fingerprint density at radius 3 is 2.70 bits per heavy atom. The molecule has 0 atom stereocenters. The van der Waals surface area contributed by atoms with Crippen LogP contribution in [0.5, 0.6) is 0 Å². The van der Waals surface area contributed by atoms with E-state index in [1.165, 1.54) is 0 Å². The number of hydrogen-bond acceptors (Lipinski definition) is 2. The number of fused-ring (bicyclic) bond motifs is 1. The van der Waals surface area contributed by atoms with Crippen LogP contribution in [0.2, 0.25) is 0 Å². The monoisotopic (exact) mass is 305 g/mol. The zero-order valence-electron chi connectivity index (χ0n) is 13.1. The van der Waals surface area contributed by atoms with Crippen molar-refractivity contribution in [2.75, 3.05) is 6.54 Å². The number of amides is 1. The van der Waals surface area contributed by atoms with Crippen LogP contribution >= 0.6 is 0 Å². The van der Waals surface area contributed by atoms with Crippen molar-refractivity contribution < 1.29 is 4.79 Å². The van der Waals surface area contributed by atoms with Gasteiger partial charge in [0.15, 0.2) is 0 Å². The van der Waals surface area contributed by atoms with Gasteiger partial charge in [0.2, 0.25) is 5.91 Å². The summed E-state index contributed by atoms with van der Waals surface area (Å²) in [6.45, 7) is 3.26. The molecule has 0 bridgehead atoms. The van der Waals surface area contributed by atoms with Crippen LogP contribution < -0.4 is 5.32 Å². The summed E-state index contributed by atoms with van der Waals surface area (Å²) in [6.07, 6.45) is 3.38. The minimum Gasteiger partial charge on any atom is -0.351 e. The van der Waals surface area contributed by atoms with E-state index in [1.54, 1.807) is 6.08 Å². The number of benzene rings is 2. The van der Waals surface area contributed by atoms with Crippen molar-refractivity contribution in [1.29, 1.82) is 0 Å². The first kappa shape index (κ1) is 15.0. The van der Waals surface area contributed by atoms with Gasteiger partial charge in [0.1, 0.15) is 5.82 Å². The van der Waals surface area contributed by atoms with Crippen molar-refractivity contribution in [3.63, 3.8) is 0 Å². The summed E-state index contributed by atoms with van der Waals surface area (Å²) in [5.74, 6) is 0.871. The molecular weight excluding hydrogens is 286 g/mol. The molecule has 116 valence electrons. The van der Waals surface area contributed by atoms with E-state index in [1.807, 2.05) is 67.6 Å². The van der Waals surface area contributed by atoms with Crippen molar-refractivity contribution in [3.8, 4) is 0 Å². The van der Waals surface area contributed by atoms with E-state index in [4.69, 9.17) is 0 Å². The predicted octanol–water partition coefficient (Wildman–Crippen LogP) is 3.17. The van der Waals surface area contributed by atoms with Crippen molar-refractivity contribution in [2.24, 2.45) is 0 Å². The number of nitrogens with zero attached hydrogens (tertiary/aromatic N) is 2. The number of hydrogen-bond donors (Lipinski definition) is 1. The Morgan fingerprint density at radius 2 is 1.87 bits per heavy atom. The minimum absolute atomic E-state index is 0.0871. The normalized spacial score (nSPS) is 11.2. The lowest BCUT2D eigenvalue weighted by Gasteiger charge is -2.07. The van der Waals surface area contributed by atoms with Gasteiger partial charge in [0, 0.05) is 19.2 Å². The second kappa shape index (κ2) is 6.92. The van der Waals surface area contributed by atoms with Crippen molar-refractivity contribution in [1.82, 2.24) is 14.9 Å². The summed E-state index contributed by atoms with van der Waals surface area (Å²) in [5, 5.41) is 2.91. The Bertz CT molecular complexity index is 834. The molecule has 4 heteroatoms. The first-order chi connectivity index (χ1) is 11.2. The average molecular weight is 305 g/mol. The summed E-state index contributed by atoms with van der Waals surface area (Å²) in [6, 6.07) is 17.8. The van der Waals surface area contributed by atoms with Crippen LogP contribution in [0.15, 0.2) is 60.7 Å². The number of aromatic nitrogens is 2. The molecule has 0 aliphatic rings. The lowest BCUT2D eigenvalue weighted by atomic mass is 10.2. The van der Waals surface area contributed by atoms with Crippen molar-refractivity contribution in [3.05, 3.63) is 72.1 Å². The Balaban J connectivity index is 1.57. The van der Waals surface area contributed by atoms with Gasteiger partial charge < -0.3 is 9.88 Å². The van der Waals surface area contributed by atoms with Crippen LogP contribution in [-0.2, 0) is 11.3 Å². The molecule has 0 saturated heterocycles. The van der Waals surface area contributed by atoms with E-state index in [-0.39, 0.29) is 5.91 Å². The number of nitrogens with one attached hydrogen (secondary N) is 1. The molecule has 4 nitrogen and oxygen atoms in total. The molecule has 2 aromatic carbocycles. The van der Waals surface area contributed by atoms with E-state index in [0.717, 1.165) is 22.4 Å². The molecular formula is C19H19N3O. The molecule has 0 aliphatic heterocycles. The van der Waals surface area contributed by atoms with Crippen LogP contribution in [0.1, 0.15) is 11.4 Å². The molecule has 0 aliphatic carbocycles. The fourth-order valence-electron chi connectivity index (χ4n) is 2.56. The summed E-state index contributed by atoms with van der Waals surface area (Å²) in [7, 11) is 0. The topological polar surface area (TPSA) is 46.9 Å². The maximum atomic E-state index is 11.9. The molecule has 1 N–H and O–H groups in total. The largest absolute Gasteiger partial charge is 0.351 e. The highest BCUT2D eigenvalue weighted by Crippen LogP contribution is 2.14. The maximum absolute atomic E-state index is 11.9. The first-order valence-electron chi connectivity index (χ1n) is 7.67. The number of carbonyl (C=O) groups excluding carboxylic acids is 1. The first-order valence-corrected chi connectivity index (χ1v) is 7.67. The van der Waals surface area contributed by atoms with Gasteiger partial charge in [0.25, 0.3) is 0 Å². The fourth-order valence-corrected chi connectivity index (χ4v) is 2.56. The molecule has 23 heavy (non-hydrogen) atoms. The van der Waals surface area contributed by atoms with E-state index in [0.29, 0.717) is 13.1 Å². The zero-order valence-corrected chi connectivity index (χ0v) is 13.1. The summed E-state index contributed by atoms with van der Waals surface area (Å²) in [4.78, 5) is 16.4. The van der Waals surface area contributed by atoms with Crippen LogP contribution in [0.25, 0.3) is 17.1 Å². The molecule has 1 heterocycles. The summed E-state index contributed by atoms with van der Waals surface area (Å²) >= 11 is 0. The second-order valence-electron chi connectivity index (χ2n) is 5.33. The van der Waals surface area contributed by atoms with Crippen LogP contribution in [0, 0.1) is 6.92 Å². The Labute approximate surface area is 135 Å². The average Bonchev–Trinajstić information content (AvgIpc) is 2.90. The molecule has 0 fully saturated rings. The highest BCUT2D eigenvalue weighted by atomic mass is 16.1. The van der Waals surface area contributed by atoms with Gasteiger partial charge in [-0.1, -0.05) is 42.5 Å². The maximum Gasteiger partial charge on any atom is 0.244 e. The highest BCUT2D eigenvalue weighted by Gasteiger charge is 2.06. The van der Waals surface area contributed by atoms with Gasteiger partial charge in [0.05, 0.1) is 11.0 Å². The third-order valence-electron chi connectivity index (χ3n) is 3.71. The van der Waals surface area contributed by atoms with E-state index in [2.05, 4.69) is 14.9 Å². The second-order valence-corrected chi connectivity index (χ2v) is 5.33. The molecule has 1 aromatic heterocycles. The highest BCUT2D eigenvalue weighted by molar-refractivity contribution is 5.91. The standard InChI is InChI=1S/C19H19N3O/c1-15-21-17-9-5-6-10-18(17)22(15)14-13-20-19(23)12-11-16-7-3-2-4-8-16/h2-12H,13-14H2,1H3,(H,20,23)/b12-11+. The molecule has 3 rings (SSSR count). The molecule has 3 aromatic rings. The number of carbonyl (C=O) groups is 1. The number of aryl methyl sites for hydroxylation is 1. The molecule has 0 unspecified atom stereocenters. The van der Waals surface area contributed by atoms with Gasteiger partial charge >= 0.3 is 0 Å².